The van der Waals surface area contributed by atoms with Crippen LogP contribution in [0, 0.1) is 5.41 Å². The molecule has 1 heterocycles. The van der Waals surface area contributed by atoms with Gasteiger partial charge < -0.3 is 15.2 Å². The number of ether oxygens (including phenoxy) is 1. The second-order valence-electron chi connectivity index (χ2n) is 5.17. The number of hydrogen-bond donors (Lipinski definition) is 2. The molecule has 1 aromatic carbocycles. The topological polar surface area (TPSA) is 75.6 Å². The van der Waals surface area contributed by atoms with Gasteiger partial charge >= 0.3 is 5.97 Å². The van der Waals surface area contributed by atoms with Crippen molar-refractivity contribution < 1.29 is 19.4 Å². The summed E-state index contributed by atoms with van der Waals surface area (Å²) in [7, 11) is 0. The van der Waals surface area contributed by atoms with Crippen LogP contribution < -0.4 is 5.32 Å². The van der Waals surface area contributed by atoms with E-state index >= 15 is 0 Å². The molecule has 2 N–H and O–H groups in total. The van der Waals surface area contributed by atoms with Crippen LogP contribution in [0.5, 0.6) is 0 Å². The first-order chi connectivity index (χ1) is 9.12. The maximum Gasteiger partial charge on any atom is 0.324 e. The molecule has 1 saturated heterocycles. The van der Waals surface area contributed by atoms with Crippen molar-refractivity contribution in [2.45, 2.75) is 19.3 Å². The number of aryl methyl sites for hydroxylation is 2. The van der Waals surface area contributed by atoms with Gasteiger partial charge in [0.05, 0.1) is 13.2 Å². The zero-order valence-corrected chi connectivity index (χ0v) is 10.4. The summed E-state index contributed by atoms with van der Waals surface area (Å²) in [6.45, 7) is -0.113. The van der Waals surface area contributed by atoms with E-state index in [0.717, 1.165) is 19.3 Å². The van der Waals surface area contributed by atoms with E-state index < -0.39 is 17.3 Å². The highest BCUT2D eigenvalue weighted by atomic mass is 16.5. The minimum absolute atomic E-state index is 0.0564. The standard InChI is InChI=1S/C14H15NO4/c16-12(14(13(17)18)7-19-8-14)15-11-5-4-9-2-1-3-10(9)6-11/h4-6H,1-3,7-8H2,(H,15,16)(H,17,18). The van der Waals surface area contributed by atoms with Crippen LogP contribution in [0.1, 0.15) is 17.5 Å². The molecule has 1 aliphatic carbocycles. The van der Waals surface area contributed by atoms with Crippen LogP contribution in [-0.2, 0) is 27.2 Å². The molecule has 0 unspecified atom stereocenters. The Morgan fingerprint density at radius 3 is 2.58 bits per heavy atom. The average Bonchev–Trinajstić information content (AvgIpc) is 2.73. The summed E-state index contributed by atoms with van der Waals surface area (Å²) in [5, 5.41) is 11.8. The van der Waals surface area contributed by atoms with Crippen LogP contribution in [0.3, 0.4) is 0 Å². The number of aliphatic carboxylic acids is 1. The molecule has 0 atom stereocenters. The summed E-state index contributed by atoms with van der Waals surface area (Å²) in [4.78, 5) is 23.3. The number of benzene rings is 1. The summed E-state index contributed by atoms with van der Waals surface area (Å²) >= 11 is 0. The lowest BCUT2D eigenvalue weighted by Crippen LogP contribution is -2.57. The molecular weight excluding hydrogens is 246 g/mol. The first kappa shape index (κ1) is 12.2. The fraction of sp³-hybridized carbons (Fsp3) is 0.429. The number of carboxylic acid groups (broad SMARTS) is 1. The third kappa shape index (κ3) is 1.90. The fourth-order valence-corrected chi connectivity index (χ4v) is 2.56. The van der Waals surface area contributed by atoms with Crippen molar-refractivity contribution in [2.24, 2.45) is 5.41 Å². The summed E-state index contributed by atoms with van der Waals surface area (Å²) in [6, 6.07) is 5.77. The molecule has 19 heavy (non-hydrogen) atoms. The third-order valence-electron chi connectivity index (χ3n) is 3.90. The lowest BCUT2D eigenvalue weighted by atomic mass is 9.85. The van der Waals surface area contributed by atoms with Crippen molar-refractivity contribution in [3.8, 4) is 0 Å². The van der Waals surface area contributed by atoms with Crippen molar-refractivity contribution in [1.82, 2.24) is 0 Å². The Morgan fingerprint density at radius 2 is 1.95 bits per heavy atom. The van der Waals surface area contributed by atoms with Gasteiger partial charge in [0.25, 0.3) is 0 Å². The number of hydrogen-bond acceptors (Lipinski definition) is 3. The van der Waals surface area contributed by atoms with Crippen molar-refractivity contribution in [2.75, 3.05) is 18.5 Å². The van der Waals surface area contributed by atoms with Gasteiger partial charge in [0.2, 0.25) is 5.91 Å². The van der Waals surface area contributed by atoms with Crippen molar-refractivity contribution >= 4 is 17.6 Å². The van der Waals surface area contributed by atoms with E-state index in [2.05, 4.69) is 5.32 Å². The highest BCUT2D eigenvalue weighted by Gasteiger charge is 2.53. The molecule has 2 aliphatic rings. The maximum atomic E-state index is 12.1. The number of amides is 1. The molecule has 0 spiro atoms. The van der Waals surface area contributed by atoms with Crippen LogP contribution in [0.15, 0.2) is 18.2 Å². The molecule has 0 aromatic heterocycles. The fourth-order valence-electron chi connectivity index (χ4n) is 2.56. The van der Waals surface area contributed by atoms with Gasteiger partial charge in [-0.25, -0.2) is 0 Å². The molecule has 0 saturated carbocycles. The van der Waals surface area contributed by atoms with E-state index in [1.807, 2.05) is 18.2 Å². The highest BCUT2D eigenvalue weighted by Crippen LogP contribution is 2.31. The molecule has 5 nitrogen and oxygen atoms in total. The quantitative estimate of drug-likeness (QED) is 0.802. The zero-order valence-electron chi connectivity index (χ0n) is 10.4. The average molecular weight is 261 g/mol. The molecular formula is C14H15NO4. The summed E-state index contributed by atoms with van der Waals surface area (Å²) in [5.74, 6) is -1.62. The van der Waals surface area contributed by atoms with Crippen LogP contribution in [0.4, 0.5) is 5.69 Å². The molecule has 1 amide bonds. The van der Waals surface area contributed by atoms with E-state index in [4.69, 9.17) is 9.84 Å². The van der Waals surface area contributed by atoms with Gasteiger partial charge in [-0.3, -0.25) is 9.59 Å². The molecule has 5 heteroatoms. The minimum atomic E-state index is -1.42. The number of carboxylic acids is 1. The van der Waals surface area contributed by atoms with E-state index in [1.165, 1.54) is 11.1 Å². The number of carbonyl (C=O) groups is 2. The van der Waals surface area contributed by atoms with E-state index in [1.54, 1.807) is 0 Å². The second kappa shape index (κ2) is 4.35. The lowest BCUT2D eigenvalue weighted by Gasteiger charge is -2.35. The monoisotopic (exact) mass is 261 g/mol. The van der Waals surface area contributed by atoms with Gasteiger partial charge in [-0.2, -0.15) is 0 Å². The molecule has 1 aromatic rings. The normalized spacial score (nSPS) is 19.4. The highest BCUT2D eigenvalue weighted by molar-refractivity contribution is 6.09. The van der Waals surface area contributed by atoms with Crippen LogP contribution >= 0.6 is 0 Å². The lowest BCUT2D eigenvalue weighted by molar-refractivity contribution is -0.182. The minimum Gasteiger partial charge on any atom is -0.480 e. The van der Waals surface area contributed by atoms with Gasteiger partial charge in [0.15, 0.2) is 5.41 Å². The Balaban J connectivity index is 1.78. The number of anilines is 1. The van der Waals surface area contributed by atoms with Gasteiger partial charge in [0, 0.05) is 5.69 Å². The van der Waals surface area contributed by atoms with Crippen LogP contribution in [-0.4, -0.2) is 30.2 Å². The van der Waals surface area contributed by atoms with Gasteiger partial charge in [0.1, 0.15) is 0 Å². The van der Waals surface area contributed by atoms with E-state index in [9.17, 15) is 9.59 Å². The molecule has 1 aliphatic heterocycles. The van der Waals surface area contributed by atoms with Gasteiger partial charge in [-0.05, 0) is 42.5 Å². The Kier molecular flexibility index (Phi) is 2.78. The number of rotatable bonds is 3. The van der Waals surface area contributed by atoms with Crippen molar-refractivity contribution in [3.63, 3.8) is 0 Å². The smallest absolute Gasteiger partial charge is 0.324 e. The predicted molar refractivity (Wildman–Crippen MR) is 68.0 cm³/mol. The molecule has 100 valence electrons. The summed E-state index contributed by atoms with van der Waals surface area (Å²) in [6.07, 6.45) is 3.24. The number of carbonyl (C=O) groups excluding carboxylic acids is 1. The van der Waals surface area contributed by atoms with Crippen molar-refractivity contribution in [3.05, 3.63) is 29.3 Å². The first-order valence-electron chi connectivity index (χ1n) is 6.36. The molecule has 1 fully saturated rings. The Labute approximate surface area is 110 Å². The Morgan fingerprint density at radius 1 is 1.21 bits per heavy atom. The third-order valence-corrected chi connectivity index (χ3v) is 3.90. The predicted octanol–water partition coefficient (Wildman–Crippen LogP) is 1.21. The van der Waals surface area contributed by atoms with Gasteiger partial charge in [-0.1, -0.05) is 6.07 Å². The Bertz CT molecular complexity index is 548. The largest absolute Gasteiger partial charge is 0.480 e. The molecule has 0 bridgehead atoms. The maximum absolute atomic E-state index is 12.1. The second-order valence-corrected chi connectivity index (χ2v) is 5.17. The molecule has 0 radical (unpaired) electrons. The van der Waals surface area contributed by atoms with Crippen LogP contribution in [0.2, 0.25) is 0 Å². The summed E-state index contributed by atoms with van der Waals surface area (Å²) < 4.78 is 4.89. The van der Waals surface area contributed by atoms with Crippen LogP contribution in [0.25, 0.3) is 0 Å². The Hall–Kier alpha value is -1.88. The van der Waals surface area contributed by atoms with Gasteiger partial charge in [-0.15, -0.1) is 0 Å². The zero-order chi connectivity index (χ0) is 13.5. The van der Waals surface area contributed by atoms with E-state index in [0.29, 0.717) is 5.69 Å². The number of nitrogens with one attached hydrogen (secondary N) is 1. The van der Waals surface area contributed by atoms with E-state index in [-0.39, 0.29) is 13.2 Å². The SMILES string of the molecule is O=C(O)C1(C(=O)Nc2ccc3c(c2)CCC3)COC1. The number of fused-ring (bicyclic) bond motifs is 1. The first-order valence-corrected chi connectivity index (χ1v) is 6.36. The summed E-state index contributed by atoms with van der Waals surface area (Å²) in [5.41, 5.74) is 1.81. The van der Waals surface area contributed by atoms with Crippen molar-refractivity contribution in [1.29, 1.82) is 0 Å². The molecule has 3 rings (SSSR count).